The zero-order valence-electron chi connectivity index (χ0n) is 19.4. The van der Waals surface area contributed by atoms with Gasteiger partial charge in [-0.25, -0.2) is 0 Å². The molecule has 1 atom stereocenters. The monoisotopic (exact) mass is 450 g/mol. The van der Waals surface area contributed by atoms with E-state index in [-0.39, 0.29) is 18.5 Å². The molecule has 0 bridgehead atoms. The minimum absolute atomic E-state index is 0.0780. The van der Waals surface area contributed by atoms with E-state index in [0.717, 1.165) is 28.1 Å². The molecular formula is C27H26N6O. The van der Waals surface area contributed by atoms with E-state index in [0.29, 0.717) is 5.95 Å². The number of nitrogens with one attached hydrogen (secondary N) is 1. The van der Waals surface area contributed by atoms with E-state index >= 15 is 0 Å². The van der Waals surface area contributed by atoms with Crippen LogP contribution in [0, 0.1) is 20.8 Å². The van der Waals surface area contributed by atoms with Gasteiger partial charge in [-0.05, 0) is 71.7 Å². The van der Waals surface area contributed by atoms with E-state index in [1.54, 1.807) is 4.68 Å². The lowest BCUT2D eigenvalue weighted by Gasteiger charge is -2.32. The summed E-state index contributed by atoms with van der Waals surface area (Å²) in [5, 5.41) is 15.5. The molecule has 7 heteroatoms. The molecule has 0 saturated carbocycles. The van der Waals surface area contributed by atoms with Crippen molar-refractivity contribution in [2.75, 3.05) is 16.8 Å². The molecule has 0 spiro atoms. The van der Waals surface area contributed by atoms with Gasteiger partial charge in [-0.3, -0.25) is 9.69 Å². The highest BCUT2D eigenvalue weighted by Gasteiger charge is 2.31. The molecule has 0 aliphatic carbocycles. The van der Waals surface area contributed by atoms with Crippen LogP contribution in [0.15, 0.2) is 78.9 Å². The van der Waals surface area contributed by atoms with Crippen LogP contribution < -0.4 is 10.2 Å². The van der Waals surface area contributed by atoms with Crippen LogP contribution in [-0.2, 0) is 4.79 Å². The first-order valence-electron chi connectivity index (χ1n) is 11.3. The molecule has 0 radical (unpaired) electrons. The van der Waals surface area contributed by atoms with Gasteiger partial charge in [-0.15, -0.1) is 0 Å². The molecule has 1 amide bonds. The van der Waals surface area contributed by atoms with Gasteiger partial charge < -0.3 is 5.32 Å². The largest absolute Gasteiger partial charge is 0.325 e. The lowest BCUT2D eigenvalue weighted by Crippen LogP contribution is -2.37. The number of carbonyl (C=O) groups is 1. The smallest absolute Gasteiger partial charge is 0.251 e. The van der Waals surface area contributed by atoms with Crippen LogP contribution in [0.1, 0.15) is 33.9 Å². The van der Waals surface area contributed by atoms with Crippen molar-refractivity contribution >= 4 is 23.2 Å². The Labute approximate surface area is 198 Å². The number of aromatic nitrogens is 4. The van der Waals surface area contributed by atoms with Crippen molar-refractivity contribution in [3.63, 3.8) is 0 Å². The summed E-state index contributed by atoms with van der Waals surface area (Å²) in [6.07, 6.45) is 2.12. The second-order valence-corrected chi connectivity index (χ2v) is 8.63. The first-order chi connectivity index (χ1) is 16.5. The number of fused-ring (bicyclic) bond motifs is 1. The molecule has 34 heavy (non-hydrogen) atoms. The van der Waals surface area contributed by atoms with Gasteiger partial charge in [0.25, 0.3) is 5.95 Å². The Bertz CT molecular complexity index is 1360. The SMILES string of the molecule is Cc1ccc(C2C=C(c3ccccc3)N(CC(=O)Nc3ccc(C)c(C)c3)c3nnnn32)cc1. The molecule has 1 aromatic heterocycles. The standard InChI is InChI=1S/C27H26N6O/c1-18-9-12-22(13-10-18)25-16-24(21-7-5-4-6-8-21)32(27-29-30-31-33(25)27)17-26(34)28-23-14-11-19(2)20(3)15-23/h4-16,25H,17H2,1-3H3,(H,28,34). The number of nitrogens with zero attached hydrogens (tertiary/aromatic N) is 5. The number of carbonyl (C=O) groups excluding carboxylic acids is 1. The molecule has 0 fully saturated rings. The summed E-state index contributed by atoms with van der Waals surface area (Å²) in [6.45, 7) is 6.23. The first-order valence-corrected chi connectivity index (χ1v) is 11.3. The van der Waals surface area contributed by atoms with E-state index in [1.165, 1.54) is 11.1 Å². The maximum atomic E-state index is 13.1. The molecule has 5 rings (SSSR count). The van der Waals surface area contributed by atoms with Gasteiger partial charge in [0.2, 0.25) is 5.91 Å². The van der Waals surface area contributed by atoms with Crippen LogP contribution in [0.3, 0.4) is 0 Å². The van der Waals surface area contributed by atoms with Crippen molar-refractivity contribution < 1.29 is 4.79 Å². The van der Waals surface area contributed by atoms with Crippen molar-refractivity contribution in [3.8, 4) is 0 Å². The molecule has 1 N–H and O–H groups in total. The summed E-state index contributed by atoms with van der Waals surface area (Å²) in [5.74, 6) is 0.385. The Hall–Kier alpha value is -4.26. The van der Waals surface area contributed by atoms with Crippen LogP contribution in [-0.4, -0.2) is 32.7 Å². The van der Waals surface area contributed by atoms with Crippen LogP contribution >= 0.6 is 0 Å². The Morgan fingerprint density at radius 2 is 1.71 bits per heavy atom. The quantitative estimate of drug-likeness (QED) is 0.478. The second-order valence-electron chi connectivity index (χ2n) is 8.63. The second kappa shape index (κ2) is 8.94. The number of rotatable bonds is 5. The highest BCUT2D eigenvalue weighted by atomic mass is 16.2. The van der Waals surface area contributed by atoms with E-state index in [2.05, 4.69) is 65.0 Å². The van der Waals surface area contributed by atoms with Gasteiger partial charge in [0.1, 0.15) is 12.6 Å². The van der Waals surface area contributed by atoms with Crippen molar-refractivity contribution in [3.05, 3.63) is 107 Å². The number of benzene rings is 3. The summed E-state index contributed by atoms with van der Waals surface area (Å²) in [6, 6.07) is 24.1. The summed E-state index contributed by atoms with van der Waals surface area (Å²) in [5.41, 5.74) is 7.24. The number of tetrazole rings is 1. The third-order valence-corrected chi connectivity index (χ3v) is 6.17. The van der Waals surface area contributed by atoms with Crippen LogP contribution in [0.4, 0.5) is 11.6 Å². The lowest BCUT2D eigenvalue weighted by molar-refractivity contribution is -0.114. The van der Waals surface area contributed by atoms with Gasteiger partial charge in [0.15, 0.2) is 0 Å². The fourth-order valence-electron chi connectivity index (χ4n) is 4.15. The number of amides is 1. The number of aryl methyl sites for hydroxylation is 3. The molecule has 3 aromatic carbocycles. The van der Waals surface area contributed by atoms with E-state index in [9.17, 15) is 4.79 Å². The van der Waals surface area contributed by atoms with Gasteiger partial charge in [0.05, 0.1) is 5.70 Å². The Morgan fingerprint density at radius 3 is 2.44 bits per heavy atom. The molecule has 170 valence electrons. The minimum Gasteiger partial charge on any atom is -0.325 e. The molecule has 1 aliphatic rings. The lowest BCUT2D eigenvalue weighted by atomic mass is 10.00. The molecule has 1 aliphatic heterocycles. The Balaban J connectivity index is 1.51. The summed E-state index contributed by atoms with van der Waals surface area (Å²) >= 11 is 0. The molecule has 2 heterocycles. The molecule has 1 unspecified atom stereocenters. The molecule has 4 aromatic rings. The van der Waals surface area contributed by atoms with Crippen LogP contribution in [0.25, 0.3) is 5.70 Å². The first kappa shape index (κ1) is 21.6. The van der Waals surface area contributed by atoms with Crippen molar-refractivity contribution in [2.45, 2.75) is 26.8 Å². The highest BCUT2D eigenvalue weighted by Crippen LogP contribution is 2.36. The zero-order chi connectivity index (χ0) is 23.7. The molecular weight excluding hydrogens is 424 g/mol. The van der Waals surface area contributed by atoms with Gasteiger partial charge in [-0.2, -0.15) is 4.68 Å². The normalized spacial score (nSPS) is 15.0. The maximum absolute atomic E-state index is 13.1. The average Bonchev–Trinajstić information content (AvgIpc) is 3.33. The average molecular weight is 451 g/mol. The molecule has 0 saturated heterocycles. The van der Waals surface area contributed by atoms with Crippen molar-refractivity contribution in [2.24, 2.45) is 0 Å². The Kier molecular flexibility index (Phi) is 5.67. The number of anilines is 2. The number of allylic oxidation sites excluding steroid dienone is 1. The number of hydrogen-bond acceptors (Lipinski definition) is 5. The Morgan fingerprint density at radius 1 is 0.941 bits per heavy atom. The number of hydrogen-bond donors (Lipinski definition) is 1. The summed E-state index contributed by atoms with van der Waals surface area (Å²) in [4.78, 5) is 15.0. The van der Waals surface area contributed by atoms with Gasteiger partial charge in [-0.1, -0.05) is 71.3 Å². The third-order valence-electron chi connectivity index (χ3n) is 6.17. The zero-order valence-corrected chi connectivity index (χ0v) is 19.4. The van der Waals surface area contributed by atoms with Crippen molar-refractivity contribution in [1.29, 1.82) is 0 Å². The molecule has 7 nitrogen and oxygen atoms in total. The van der Waals surface area contributed by atoms with E-state index < -0.39 is 0 Å². The third kappa shape index (κ3) is 4.20. The van der Waals surface area contributed by atoms with Gasteiger partial charge in [0, 0.05) is 5.69 Å². The van der Waals surface area contributed by atoms with E-state index in [4.69, 9.17) is 0 Å². The van der Waals surface area contributed by atoms with Crippen LogP contribution in [0.5, 0.6) is 0 Å². The highest BCUT2D eigenvalue weighted by molar-refractivity contribution is 5.97. The predicted molar refractivity (Wildman–Crippen MR) is 133 cm³/mol. The fourth-order valence-corrected chi connectivity index (χ4v) is 4.15. The summed E-state index contributed by atoms with van der Waals surface area (Å²) < 4.78 is 1.76. The topological polar surface area (TPSA) is 75.9 Å². The summed E-state index contributed by atoms with van der Waals surface area (Å²) in [7, 11) is 0. The van der Waals surface area contributed by atoms with Crippen molar-refractivity contribution in [1.82, 2.24) is 20.2 Å². The van der Waals surface area contributed by atoms with Gasteiger partial charge >= 0.3 is 0 Å². The minimum atomic E-state index is -0.181. The van der Waals surface area contributed by atoms with Crippen LogP contribution in [0.2, 0.25) is 0 Å². The van der Waals surface area contributed by atoms with E-state index in [1.807, 2.05) is 60.4 Å². The predicted octanol–water partition coefficient (Wildman–Crippen LogP) is 4.69. The fraction of sp³-hybridized carbons (Fsp3) is 0.185. The maximum Gasteiger partial charge on any atom is 0.251 e.